The van der Waals surface area contributed by atoms with Crippen molar-refractivity contribution in [3.05, 3.63) is 95.1 Å². The average molecular weight is 602 g/mol. The highest BCUT2D eigenvalue weighted by atomic mass is 19.1. The Morgan fingerprint density at radius 1 is 0.907 bits per heavy atom. The van der Waals surface area contributed by atoms with E-state index in [4.69, 9.17) is 29.3 Å². The summed E-state index contributed by atoms with van der Waals surface area (Å²) in [5, 5.41) is 36.5. The highest BCUT2D eigenvalue weighted by molar-refractivity contribution is 6.27. The van der Waals surface area contributed by atoms with Gasteiger partial charge in [0, 0.05) is 6.54 Å². The SMILES string of the molecule is COc1cc(C(C)O)ccc1OCCCN1CCC(C(O)(c2ccc(F)cc2)c2ccc(F)cc2)CC1.O=C(O)C(=O)O. The van der Waals surface area contributed by atoms with Crippen LogP contribution in [0.15, 0.2) is 66.7 Å². The molecule has 0 amide bonds. The van der Waals surface area contributed by atoms with Gasteiger partial charge < -0.3 is 34.8 Å². The molecule has 1 unspecified atom stereocenters. The predicted octanol–water partition coefficient (Wildman–Crippen LogP) is 4.60. The van der Waals surface area contributed by atoms with Gasteiger partial charge in [0.15, 0.2) is 11.5 Å². The van der Waals surface area contributed by atoms with Crippen molar-refractivity contribution in [3.8, 4) is 11.5 Å². The smallest absolute Gasteiger partial charge is 0.414 e. The van der Waals surface area contributed by atoms with E-state index < -0.39 is 23.6 Å². The van der Waals surface area contributed by atoms with E-state index in [0.717, 1.165) is 44.5 Å². The summed E-state index contributed by atoms with van der Waals surface area (Å²) in [4.78, 5) is 20.5. The Labute approximate surface area is 248 Å². The lowest BCUT2D eigenvalue weighted by Crippen LogP contribution is -2.44. The number of nitrogens with zero attached hydrogens (tertiary/aromatic N) is 1. The van der Waals surface area contributed by atoms with Gasteiger partial charge in [-0.25, -0.2) is 18.4 Å². The van der Waals surface area contributed by atoms with Crippen LogP contribution in [0.3, 0.4) is 0 Å². The highest BCUT2D eigenvalue weighted by Crippen LogP contribution is 2.42. The number of rotatable bonds is 10. The number of ether oxygens (including phenoxy) is 2. The fraction of sp³-hybridized carbons (Fsp3) is 0.375. The first-order chi connectivity index (χ1) is 20.4. The molecule has 1 aliphatic rings. The van der Waals surface area contributed by atoms with Crippen LogP contribution in [0.4, 0.5) is 8.78 Å². The maximum atomic E-state index is 13.6. The van der Waals surface area contributed by atoms with Crippen LogP contribution in [0.2, 0.25) is 0 Å². The van der Waals surface area contributed by atoms with Gasteiger partial charge in [-0.2, -0.15) is 0 Å². The molecule has 1 aliphatic heterocycles. The Kier molecular flexibility index (Phi) is 12.0. The minimum Gasteiger partial charge on any atom is -0.493 e. The van der Waals surface area contributed by atoms with E-state index in [1.807, 2.05) is 12.1 Å². The number of piperidine rings is 1. The minimum atomic E-state index is -1.82. The number of carboxylic acid groups (broad SMARTS) is 2. The number of halogens is 2. The first kappa shape index (κ1) is 33.4. The number of carboxylic acids is 2. The molecule has 0 bridgehead atoms. The fourth-order valence-electron chi connectivity index (χ4n) is 5.15. The lowest BCUT2D eigenvalue weighted by Gasteiger charge is -2.42. The van der Waals surface area contributed by atoms with Crippen LogP contribution in [0.1, 0.15) is 49.0 Å². The number of aliphatic carboxylic acids is 2. The first-order valence-electron chi connectivity index (χ1n) is 13.9. The third kappa shape index (κ3) is 8.96. The quantitative estimate of drug-likeness (QED) is 0.194. The van der Waals surface area contributed by atoms with E-state index in [0.29, 0.717) is 29.2 Å². The molecule has 3 aromatic carbocycles. The molecule has 0 saturated carbocycles. The normalized spacial score (nSPS) is 14.7. The molecule has 4 rings (SSSR count). The monoisotopic (exact) mass is 601 g/mol. The van der Waals surface area contributed by atoms with Crippen molar-refractivity contribution in [1.82, 2.24) is 4.90 Å². The van der Waals surface area contributed by atoms with Crippen LogP contribution < -0.4 is 9.47 Å². The molecule has 1 fully saturated rings. The molecule has 0 radical (unpaired) electrons. The Hall–Kier alpha value is -4.06. The zero-order valence-corrected chi connectivity index (χ0v) is 24.1. The van der Waals surface area contributed by atoms with Gasteiger partial charge in [0.2, 0.25) is 0 Å². The van der Waals surface area contributed by atoms with Gasteiger partial charge in [-0.05, 0) is 98.3 Å². The summed E-state index contributed by atoms with van der Waals surface area (Å²) >= 11 is 0. The van der Waals surface area contributed by atoms with E-state index in [1.54, 1.807) is 44.4 Å². The zero-order chi connectivity index (χ0) is 31.6. The van der Waals surface area contributed by atoms with Crippen molar-refractivity contribution in [2.24, 2.45) is 5.92 Å². The lowest BCUT2D eigenvalue weighted by atomic mass is 9.72. The molecule has 0 aliphatic carbocycles. The molecule has 0 aromatic heterocycles. The Bertz CT molecular complexity index is 1280. The van der Waals surface area contributed by atoms with Gasteiger partial charge >= 0.3 is 11.9 Å². The molecular weight excluding hydrogens is 564 g/mol. The van der Waals surface area contributed by atoms with Crippen LogP contribution >= 0.6 is 0 Å². The third-order valence-corrected chi connectivity index (χ3v) is 7.48. The summed E-state index contributed by atoms with van der Waals surface area (Å²) in [6, 6.07) is 17.3. The summed E-state index contributed by atoms with van der Waals surface area (Å²) < 4.78 is 38.5. The Balaban J connectivity index is 0.000000765. The van der Waals surface area contributed by atoms with Crippen LogP contribution in [0.25, 0.3) is 0 Å². The summed E-state index contributed by atoms with van der Waals surface area (Å²) in [7, 11) is 1.58. The topological polar surface area (TPSA) is 137 Å². The first-order valence-corrected chi connectivity index (χ1v) is 13.9. The van der Waals surface area contributed by atoms with E-state index in [1.165, 1.54) is 24.3 Å². The predicted molar refractivity (Wildman–Crippen MR) is 154 cm³/mol. The van der Waals surface area contributed by atoms with E-state index in [2.05, 4.69) is 4.90 Å². The molecule has 1 saturated heterocycles. The summed E-state index contributed by atoms with van der Waals surface area (Å²) in [6.07, 6.45) is 1.75. The summed E-state index contributed by atoms with van der Waals surface area (Å²) in [6.45, 7) is 4.70. The molecule has 43 heavy (non-hydrogen) atoms. The molecular formula is C32H37F2NO8. The maximum Gasteiger partial charge on any atom is 0.414 e. The number of hydrogen-bond acceptors (Lipinski definition) is 7. The number of benzene rings is 3. The van der Waals surface area contributed by atoms with Crippen LogP contribution in [0, 0.1) is 17.6 Å². The fourth-order valence-corrected chi connectivity index (χ4v) is 5.15. The average Bonchev–Trinajstić information content (AvgIpc) is 3.00. The third-order valence-electron chi connectivity index (χ3n) is 7.48. The molecule has 1 heterocycles. The Morgan fingerprint density at radius 2 is 1.42 bits per heavy atom. The van der Waals surface area contributed by atoms with Crippen molar-refractivity contribution >= 4 is 11.9 Å². The number of aliphatic hydroxyl groups is 2. The number of aliphatic hydroxyl groups excluding tert-OH is 1. The highest BCUT2D eigenvalue weighted by Gasteiger charge is 2.41. The van der Waals surface area contributed by atoms with Gasteiger partial charge in [-0.15, -0.1) is 0 Å². The van der Waals surface area contributed by atoms with Crippen LogP contribution in [0.5, 0.6) is 11.5 Å². The van der Waals surface area contributed by atoms with Crippen molar-refractivity contribution in [2.75, 3.05) is 33.4 Å². The summed E-state index contributed by atoms with van der Waals surface area (Å²) in [5.74, 6) is -3.22. The second kappa shape index (κ2) is 15.4. The maximum absolute atomic E-state index is 13.6. The standard InChI is InChI=1S/C30H35F2NO4.C2H2O4/c1-21(34)22-4-13-28(29(20-22)36-2)37-19-3-16-33-17-14-25(15-18-33)30(35,23-5-9-26(31)10-6-23)24-7-11-27(32)12-8-24;3-1(4)2(5)6/h4-13,20-21,25,34-35H,3,14-19H2,1-2H3;(H,3,4)(H,5,6). The number of hydrogen-bond donors (Lipinski definition) is 4. The van der Waals surface area contributed by atoms with Crippen LogP contribution in [-0.2, 0) is 15.2 Å². The zero-order valence-electron chi connectivity index (χ0n) is 24.1. The molecule has 232 valence electrons. The molecule has 3 aromatic rings. The number of likely N-dealkylation sites (tertiary alicyclic amines) is 1. The van der Waals surface area contributed by atoms with E-state index in [-0.39, 0.29) is 17.6 Å². The molecule has 1 atom stereocenters. The second-order valence-corrected chi connectivity index (χ2v) is 10.3. The van der Waals surface area contributed by atoms with Crippen molar-refractivity contribution < 1.29 is 48.3 Å². The van der Waals surface area contributed by atoms with Crippen molar-refractivity contribution in [2.45, 2.75) is 37.9 Å². The number of carbonyl (C=O) groups is 2. The lowest BCUT2D eigenvalue weighted by molar-refractivity contribution is -0.159. The van der Waals surface area contributed by atoms with Crippen LogP contribution in [-0.4, -0.2) is 70.6 Å². The van der Waals surface area contributed by atoms with Gasteiger partial charge in [0.05, 0.1) is 19.8 Å². The van der Waals surface area contributed by atoms with Crippen molar-refractivity contribution in [1.29, 1.82) is 0 Å². The molecule has 0 spiro atoms. The van der Waals surface area contributed by atoms with Gasteiger partial charge in [-0.3, -0.25) is 0 Å². The van der Waals surface area contributed by atoms with Gasteiger partial charge in [-0.1, -0.05) is 30.3 Å². The van der Waals surface area contributed by atoms with E-state index in [9.17, 15) is 19.0 Å². The second-order valence-electron chi connectivity index (χ2n) is 10.3. The minimum absolute atomic E-state index is 0.0902. The molecule has 9 nitrogen and oxygen atoms in total. The number of methoxy groups -OCH3 is 1. The molecule has 4 N–H and O–H groups in total. The van der Waals surface area contributed by atoms with Gasteiger partial charge in [0.1, 0.15) is 17.2 Å². The van der Waals surface area contributed by atoms with Gasteiger partial charge in [0.25, 0.3) is 0 Å². The largest absolute Gasteiger partial charge is 0.493 e. The Morgan fingerprint density at radius 3 is 1.86 bits per heavy atom. The molecule has 11 heteroatoms. The summed E-state index contributed by atoms with van der Waals surface area (Å²) in [5.41, 5.74) is 0.671. The van der Waals surface area contributed by atoms with Crippen molar-refractivity contribution in [3.63, 3.8) is 0 Å². The van der Waals surface area contributed by atoms with E-state index >= 15 is 0 Å².